The first kappa shape index (κ1) is 68.3. The van der Waals surface area contributed by atoms with Crippen molar-refractivity contribution in [3.05, 3.63) is 178 Å². The predicted octanol–water partition coefficient (Wildman–Crippen LogP) is 9.38. The van der Waals surface area contributed by atoms with E-state index in [9.17, 15) is 70.4 Å². The normalized spacial score (nSPS) is 18.3. The minimum atomic E-state index is -2.98. The van der Waals surface area contributed by atoms with E-state index in [4.69, 9.17) is 27.9 Å². The highest BCUT2D eigenvalue weighted by Gasteiger charge is 2.52. The number of hydrogen-bond acceptors (Lipinski definition) is 13. The first-order valence-corrected chi connectivity index (χ1v) is 29.8. The number of amides is 8. The fraction of sp³-hybridized carbons (Fsp3) is 0.323. The molecule has 4 fully saturated rings. The molecule has 2 aliphatic carbocycles. The fourth-order valence-corrected chi connectivity index (χ4v) is 11.6. The lowest BCUT2D eigenvalue weighted by Crippen LogP contribution is -2.65. The van der Waals surface area contributed by atoms with Gasteiger partial charge in [-0.15, -0.1) is 0 Å². The van der Waals surface area contributed by atoms with Crippen LogP contribution in [0.25, 0.3) is 0 Å². The number of nitrogens with one attached hydrogen (secondary N) is 2. The number of piperazine rings is 2. The van der Waals surface area contributed by atoms with Crippen LogP contribution in [0.2, 0.25) is 10.0 Å². The molecule has 4 atom stereocenters. The standard InChI is InChI=1S/C34H32ClF3N6O5.C31H26ClF3N6O4/c1-33(2,3)49-32(48)42-18-26(44(28(45)19-42)27-13-20(17-39)11-12-40-27)31(47)43(23-8-6-7-21(36)14-23)29(24-9-4-5-10-25(24)35)30(46)41-22-15-34(37,38)16-22;1-18(42)39-16-25(41(27(43)17-39)26-11-19(15-36)9-10-37-26)30(45)40(22-6-4-5-20(33)12-22)28(23-7-2-3-8-24(23)32)29(44)38-21-13-31(34,35)14-21/h4-14,22,26,29H,15-16,18-19H2,1-3H3,(H,41,46);2-12,21,25,28H,13-14,16-17H2,1H3,(H,38,44)/t26-,29-;25-,28-/m00/s1. The quantitative estimate of drug-likeness (QED) is 0.0964. The van der Waals surface area contributed by atoms with Crippen LogP contribution in [-0.2, 0) is 38.3 Å². The third kappa shape index (κ3) is 15.7. The lowest BCUT2D eigenvalue weighted by Gasteiger charge is -2.43. The Hall–Kier alpha value is -10.1. The molecule has 4 aliphatic rings. The molecular weight excluding hydrogens is 1280 g/mol. The lowest BCUT2D eigenvalue weighted by molar-refractivity contribution is -0.139. The predicted molar refractivity (Wildman–Crippen MR) is 329 cm³/mol. The number of halogens is 8. The molecule has 94 heavy (non-hydrogen) atoms. The van der Waals surface area contributed by atoms with Gasteiger partial charge >= 0.3 is 6.09 Å². The van der Waals surface area contributed by atoms with Gasteiger partial charge in [-0.1, -0.05) is 71.7 Å². The molecule has 2 N–H and O–H groups in total. The number of anilines is 4. The van der Waals surface area contributed by atoms with Crippen molar-refractivity contribution in [1.82, 2.24) is 30.4 Å². The maximum Gasteiger partial charge on any atom is 0.410 e. The van der Waals surface area contributed by atoms with Gasteiger partial charge in [0.05, 0.1) is 36.4 Å². The monoisotopic (exact) mass is 1330 g/mol. The summed E-state index contributed by atoms with van der Waals surface area (Å²) in [5, 5.41) is 24.2. The van der Waals surface area contributed by atoms with Crippen molar-refractivity contribution in [2.24, 2.45) is 0 Å². The van der Waals surface area contributed by atoms with Gasteiger partial charge in [-0.25, -0.2) is 41.1 Å². The Morgan fingerprint density at radius 3 is 1.36 bits per heavy atom. The maximum absolute atomic E-state index is 15.0. The highest BCUT2D eigenvalue weighted by Crippen LogP contribution is 2.42. The second kappa shape index (κ2) is 28.0. The van der Waals surface area contributed by atoms with E-state index in [0.29, 0.717) is 0 Å². The van der Waals surface area contributed by atoms with Gasteiger partial charge in [-0.3, -0.25) is 58.1 Å². The molecule has 2 aliphatic heterocycles. The molecule has 0 spiro atoms. The Morgan fingerprint density at radius 2 is 1.00 bits per heavy atom. The van der Waals surface area contributed by atoms with Crippen molar-refractivity contribution in [2.75, 3.05) is 45.8 Å². The molecular formula is C65H58Cl2F6N12O9. The fourth-order valence-electron chi connectivity index (χ4n) is 11.1. The number of ether oxygens (including phenoxy) is 1. The molecule has 8 amide bonds. The van der Waals surface area contributed by atoms with Crippen LogP contribution in [0, 0.1) is 34.3 Å². The van der Waals surface area contributed by atoms with Crippen LogP contribution in [0.5, 0.6) is 0 Å². The molecule has 0 radical (unpaired) electrons. The van der Waals surface area contributed by atoms with Gasteiger partial charge in [-0.05, 0) is 93.6 Å². The summed E-state index contributed by atoms with van der Waals surface area (Å²) in [5.41, 5.74) is -0.769. The van der Waals surface area contributed by atoms with Gasteiger partial charge in [0.25, 0.3) is 23.7 Å². The minimum absolute atomic E-state index is 0.0335. The minimum Gasteiger partial charge on any atom is -0.444 e. The van der Waals surface area contributed by atoms with Gasteiger partial charge in [0.2, 0.25) is 29.5 Å². The molecule has 0 bridgehead atoms. The molecule has 4 aromatic carbocycles. The molecule has 488 valence electrons. The van der Waals surface area contributed by atoms with E-state index < -0.39 is 158 Å². The molecule has 6 aromatic rings. The molecule has 2 saturated heterocycles. The Balaban J connectivity index is 0.000000222. The van der Waals surface area contributed by atoms with Gasteiger partial charge in [0.15, 0.2) is 0 Å². The van der Waals surface area contributed by atoms with Crippen LogP contribution in [0.4, 0.5) is 54.1 Å². The number of nitrogens with zero attached hydrogens (tertiary/aromatic N) is 10. The van der Waals surface area contributed by atoms with E-state index >= 15 is 4.79 Å². The van der Waals surface area contributed by atoms with Crippen LogP contribution < -0.4 is 30.2 Å². The first-order chi connectivity index (χ1) is 44.4. The van der Waals surface area contributed by atoms with Crippen molar-refractivity contribution in [2.45, 2.75) is 107 Å². The van der Waals surface area contributed by atoms with E-state index in [1.54, 1.807) is 45.0 Å². The van der Waals surface area contributed by atoms with Crippen LogP contribution in [0.1, 0.15) is 87.7 Å². The molecule has 21 nitrogen and oxygen atoms in total. The Morgan fingerprint density at radius 1 is 0.606 bits per heavy atom. The lowest BCUT2D eigenvalue weighted by atomic mass is 9.87. The summed E-state index contributed by atoms with van der Waals surface area (Å²) in [4.78, 5) is 125. The van der Waals surface area contributed by atoms with Gasteiger partial charge < -0.3 is 20.3 Å². The molecule has 2 saturated carbocycles. The number of carbonyl (C=O) groups is 8. The third-order valence-electron chi connectivity index (χ3n) is 15.4. The smallest absolute Gasteiger partial charge is 0.410 e. The zero-order chi connectivity index (χ0) is 68.1. The Labute approximate surface area is 544 Å². The summed E-state index contributed by atoms with van der Waals surface area (Å²) < 4.78 is 89.9. The number of aromatic nitrogens is 2. The summed E-state index contributed by atoms with van der Waals surface area (Å²) in [7, 11) is 0. The SMILES string of the molecule is CC(=O)N1CC(=O)N(c2cc(C#N)ccn2)[C@H](C(=O)N(c2cccc(F)c2)[C@H](C(=O)NC2CC(F)(F)C2)c2ccccc2Cl)C1.CC(C)(C)OC(=O)N1CC(=O)N(c2cc(C#N)ccn2)[C@H](C(=O)N(c2cccc(F)c2)[C@H](C(=O)NC2CC(F)(F)C2)c2ccccc2Cl)C1. The van der Waals surface area contributed by atoms with Crippen molar-refractivity contribution in [3.8, 4) is 12.1 Å². The number of pyridine rings is 2. The number of benzene rings is 4. The third-order valence-corrected chi connectivity index (χ3v) is 16.1. The van der Waals surface area contributed by atoms with Crippen LogP contribution in [0.15, 0.2) is 134 Å². The second-order valence-corrected chi connectivity index (χ2v) is 24.3. The van der Waals surface area contributed by atoms with E-state index in [-0.39, 0.29) is 61.9 Å². The first-order valence-electron chi connectivity index (χ1n) is 29.1. The summed E-state index contributed by atoms with van der Waals surface area (Å²) in [6.45, 7) is 4.37. The zero-order valence-electron chi connectivity index (χ0n) is 50.5. The van der Waals surface area contributed by atoms with Crippen LogP contribution in [-0.4, -0.2) is 135 Å². The second-order valence-electron chi connectivity index (χ2n) is 23.5. The molecule has 4 heterocycles. The van der Waals surface area contributed by atoms with Crippen molar-refractivity contribution in [1.29, 1.82) is 10.5 Å². The Kier molecular flexibility index (Phi) is 20.3. The number of alkyl halides is 4. The summed E-state index contributed by atoms with van der Waals surface area (Å²) in [6, 6.07) is 22.7. The van der Waals surface area contributed by atoms with E-state index in [0.717, 1.165) is 53.7 Å². The summed E-state index contributed by atoms with van der Waals surface area (Å²) in [5.74, 6) is -13.3. The number of carbonyl (C=O) groups excluding carboxylic acids is 8. The van der Waals surface area contributed by atoms with Gasteiger partial charge in [-0.2, -0.15) is 10.5 Å². The average Bonchev–Trinajstić information content (AvgIpc) is 0.764. The molecule has 29 heteroatoms. The van der Waals surface area contributed by atoms with E-state index in [2.05, 4.69) is 20.6 Å². The highest BCUT2D eigenvalue weighted by atomic mass is 35.5. The average molecular weight is 1340 g/mol. The largest absolute Gasteiger partial charge is 0.444 e. The van der Waals surface area contributed by atoms with Crippen molar-refractivity contribution in [3.63, 3.8) is 0 Å². The number of nitriles is 2. The van der Waals surface area contributed by atoms with Crippen LogP contribution in [0.3, 0.4) is 0 Å². The Bertz CT molecular complexity index is 4040. The molecule has 0 unspecified atom stereocenters. The van der Waals surface area contributed by atoms with Crippen molar-refractivity contribution >= 4 is 93.7 Å². The van der Waals surface area contributed by atoms with Crippen LogP contribution >= 0.6 is 23.2 Å². The topological polar surface area (TPSA) is 263 Å². The summed E-state index contributed by atoms with van der Waals surface area (Å²) in [6.07, 6.45) is -0.833. The maximum atomic E-state index is 15.0. The number of hydrogen-bond donors (Lipinski definition) is 2. The highest BCUT2D eigenvalue weighted by molar-refractivity contribution is 6.32. The summed E-state index contributed by atoms with van der Waals surface area (Å²) >= 11 is 13.1. The van der Waals surface area contributed by atoms with Gasteiger partial charge in [0, 0.05) is 89.6 Å². The molecule has 2 aromatic heterocycles. The van der Waals surface area contributed by atoms with Crippen molar-refractivity contribution < 1.29 is 69.4 Å². The number of rotatable bonds is 14. The van der Waals surface area contributed by atoms with Gasteiger partial charge in [0.1, 0.15) is 66.1 Å². The van der Waals surface area contributed by atoms with E-state index in [1.165, 1.54) is 92.1 Å². The van der Waals surface area contributed by atoms with E-state index in [1.807, 2.05) is 12.1 Å². The molecule has 10 rings (SSSR count). The zero-order valence-corrected chi connectivity index (χ0v) is 52.0.